The molecule has 1 aliphatic heterocycles. The van der Waals surface area contributed by atoms with Crippen LogP contribution in [0.3, 0.4) is 0 Å². The molecule has 1 rings (SSSR count). The number of hydrogen-bond acceptors (Lipinski definition) is 3. The summed E-state index contributed by atoms with van der Waals surface area (Å²) in [6, 6.07) is 0. The van der Waals surface area contributed by atoms with Crippen molar-refractivity contribution in [3.63, 3.8) is 0 Å². The molecule has 0 fully saturated rings. The van der Waals surface area contributed by atoms with Crippen LogP contribution >= 0.6 is 0 Å². The zero-order valence-corrected chi connectivity index (χ0v) is 8.11. The highest BCUT2D eigenvalue weighted by Crippen LogP contribution is 2.01. The van der Waals surface area contributed by atoms with Crippen LogP contribution in [0.5, 0.6) is 0 Å². The third-order valence-corrected chi connectivity index (χ3v) is 2.18. The molecule has 0 spiro atoms. The molecule has 0 bridgehead atoms. The maximum absolute atomic E-state index is 8.50. The molecule has 0 radical (unpaired) electrons. The summed E-state index contributed by atoms with van der Waals surface area (Å²) in [6.45, 7) is 4.59. The predicted molar refractivity (Wildman–Crippen MR) is 52.7 cm³/mol. The van der Waals surface area contributed by atoms with Gasteiger partial charge in [0, 0.05) is 19.6 Å². The third-order valence-electron chi connectivity index (χ3n) is 2.18. The first-order valence-electron chi connectivity index (χ1n) is 4.99. The molecule has 3 heteroatoms. The van der Waals surface area contributed by atoms with Crippen LogP contribution in [0, 0.1) is 0 Å². The topological polar surface area (TPSA) is 32.7 Å². The largest absolute Gasteiger partial charge is 0.394 e. The normalized spacial score (nSPS) is 18.8. The first-order chi connectivity index (χ1) is 6.43. The van der Waals surface area contributed by atoms with Gasteiger partial charge < -0.3 is 14.7 Å². The van der Waals surface area contributed by atoms with Gasteiger partial charge in [0.05, 0.1) is 19.8 Å². The van der Waals surface area contributed by atoms with E-state index in [9.17, 15) is 0 Å². The molecule has 1 heterocycles. The SMILES string of the molecule is OCCOCCN1CCC=CCC1. The number of ether oxygens (including phenoxy) is 1. The number of nitrogens with zero attached hydrogens (tertiary/aromatic N) is 1. The molecule has 0 atom stereocenters. The molecular formula is C10H19NO2. The minimum atomic E-state index is 0.127. The van der Waals surface area contributed by atoms with E-state index in [1.807, 2.05) is 0 Å². The summed E-state index contributed by atoms with van der Waals surface area (Å²) < 4.78 is 5.21. The Morgan fingerprint density at radius 3 is 2.46 bits per heavy atom. The highest BCUT2D eigenvalue weighted by Gasteiger charge is 2.04. The van der Waals surface area contributed by atoms with Crippen molar-refractivity contribution in [1.29, 1.82) is 0 Å². The molecular weight excluding hydrogens is 166 g/mol. The first kappa shape index (κ1) is 10.7. The van der Waals surface area contributed by atoms with E-state index >= 15 is 0 Å². The molecule has 0 amide bonds. The Bertz CT molecular complexity index is 138. The Labute approximate surface area is 80.0 Å². The van der Waals surface area contributed by atoms with Crippen molar-refractivity contribution in [2.45, 2.75) is 12.8 Å². The summed E-state index contributed by atoms with van der Waals surface area (Å²) in [5, 5.41) is 8.50. The van der Waals surface area contributed by atoms with Gasteiger partial charge in [0.25, 0.3) is 0 Å². The average Bonchev–Trinajstić information content (AvgIpc) is 2.41. The summed E-state index contributed by atoms with van der Waals surface area (Å²) in [7, 11) is 0. The second-order valence-corrected chi connectivity index (χ2v) is 3.23. The van der Waals surface area contributed by atoms with Crippen LogP contribution in [0.25, 0.3) is 0 Å². The summed E-state index contributed by atoms with van der Waals surface area (Å²) >= 11 is 0. The van der Waals surface area contributed by atoms with Crippen LogP contribution in [-0.2, 0) is 4.74 Å². The van der Waals surface area contributed by atoms with E-state index in [4.69, 9.17) is 9.84 Å². The van der Waals surface area contributed by atoms with Crippen molar-refractivity contribution in [2.24, 2.45) is 0 Å². The van der Waals surface area contributed by atoms with Crippen LogP contribution in [0.4, 0.5) is 0 Å². The highest BCUT2D eigenvalue weighted by atomic mass is 16.5. The molecule has 1 N–H and O–H groups in total. The van der Waals surface area contributed by atoms with Gasteiger partial charge in [-0.1, -0.05) is 12.2 Å². The van der Waals surface area contributed by atoms with Crippen molar-refractivity contribution in [2.75, 3.05) is 39.5 Å². The zero-order valence-electron chi connectivity index (χ0n) is 8.11. The van der Waals surface area contributed by atoms with Gasteiger partial charge in [-0.25, -0.2) is 0 Å². The van der Waals surface area contributed by atoms with Crippen LogP contribution in [0.1, 0.15) is 12.8 Å². The molecule has 3 nitrogen and oxygen atoms in total. The van der Waals surface area contributed by atoms with E-state index in [0.29, 0.717) is 6.61 Å². The minimum Gasteiger partial charge on any atom is -0.394 e. The fourth-order valence-electron chi connectivity index (χ4n) is 1.45. The van der Waals surface area contributed by atoms with Gasteiger partial charge in [0.1, 0.15) is 0 Å². The zero-order chi connectivity index (χ0) is 9.36. The smallest absolute Gasteiger partial charge is 0.0698 e. The molecule has 0 saturated heterocycles. The maximum atomic E-state index is 8.50. The first-order valence-corrected chi connectivity index (χ1v) is 4.99. The molecule has 0 unspecified atom stereocenters. The monoisotopic (exact) mass is 185 g/mol. The fourth-order valence-corrected chi connectivity index (χ4v) is 1.45. The lowest BCUT2D eigenvalue weighted by molar-refractivity contribution is 0.0746. The van der Waals surface area contributed by atoms with E-state index < -0.39 is 0 Å². The lowest BCUT2D eigenvalue weighted by Gasteiger charge is -2.19. The van der Waals surface area contributed by atoms with Gasteiger partial charge in [-0.2, -0.15) is 0 Å². The second-order valence-electron chi connectivity index (χ2n) is 3.23. The summed E-state index contributed by atoms with van der Waals surface area (Å²) in [5.74, 6) is 0. The maximum Gasteiger partial charge on any atom is 0.0698 e. The second kappa shape index (κ2) is 7.06. The van der Waals surface area contributed by atoms with Crippen molar-refractivity contribution >= 4 is 0 Å². The fraction of sp³-hybridized carbons (Fsp3) is 0.800. The van der Waals surface area contributed by atoms with Gasteiger partial charge in [-0.15, -0.1) is 0 Å². The molecule has 13 heavy (non-hydrogen) atoms. The molecule has 0 saturated carbocycles. The summed E-state index contributed by atoms with van der Waals surface area (Å²) in [6.07, 6.45) is 6.79. The molecule has 0 aromatic carbocycles. The Hall–Kier alpha value is -0.380. The van der Waals surface area contributed by atoms with Crippen LogP contribution < -0.4 is 0 Å². The third kappa shape index (κ3) is 5.03. The number of aliphatic hydroxyl groups excluding tert-OH is 1. The highest BCUT2D eigenvalue weighted by molar-refractivity contribution is 4.86. The van der Waals surface area contributed by atoms with Crippen molar-refractivity contribution in [1.82, 2.24) is 4.90 Å². The summed E-state index contributed by atoms with van der Waals surface area (Å²) in [4.78, 5) is 2.40. The Balaban J connectivity index is 2.00. The number of rotatable bonds is 5. The lowest BCUT2D eigenvalue weighted by atomic mass is 10.4. The minimum absolute atomic E-state index is 0.127. The number of hydrogen-bond donors (Lipinski definition) is 1. The van der Waals surface area contributed by atoms with E-state index in [0.717, 1.165) is 39.1 Å². The average molecular weight is 185 g/mol. The summed E-state index contributed by atoms with van der Waals surface area (Å²) in [5.41, 5.74) is 0. The Morgan fingerprint density at radius 2 is 1.85 bits per heavy atom. The molecule has 0 aliphatic carbocycles. The molecule has 1 aliphatic rings. The molecule has 76 valence electrons. The lowest BCUT2D eigenvalue weighted by Crippen LogP contribution is -2.28. The van der Waals surface area contributed by atoms with Gasteiger partial charge in [0.2, 0.25) is 0 Å². The Kier molecular flexibility index (Phi) is 5.81. The van der Waals surface area contributed by atoms with Crippen molar-refractivity contribution < 1.29 is 9.84 Å². The van der Waals surface area contributed by atoms with E-state index in [1.54, 1.807) is 0 Å². The van der Waals surface area contributed by atoms with Gasteiger partial charge in [0.15, 0.2) is 0 Å². The Morgan fingerprint density at radius 1 is 1.15 bits per heavy atom. The van der Waals surface area contributed by atoms with Crippen LogP contribution in [-0.4, -0.2) is 49.5 Å². The van der Waals surface area contributed by atoms with E-state index in [1.165, 1.54) is 0 Å². The van der Waals surface area contributed by atoms with E-state index in [2.05, 4.69) is 17.1 Å². The van der Waals surface area contributed by atoms with Gasteiger partial charge in [-0.3, -0.25) is 0 Å². The number of aliphatic hydroxyl groups is 1. The molecule has 0 aromatic rings. The van der Waals surface area contributed by atoms with Crippen molar-refractivity contribution in [3.05, 3.63) is 12.2 Å². The molecule has 0 aromatic heterocycles. The van der Waals surface area contributed by atoms with Gasteiger partial charge in [-0.05, 0) is 12.8 Å². The van der Waals surface area contributed by atoms with Crippen LogP contribution in [0.2, 0.25) is 0 Å². The standard InChI is InChI=1S/C10H19NO2/c12-8-10-13-9-7-11-5-3-1-2-4-6-11/h1-2,12H,3-10H2. The van der Waals surface area contributed by atoms with Crippen LogP contribution in [0.15, 0.2) is 12.2 Å². The van der Waals surface area contributed by atoms with Gasteiger partial charge >= 0.3 is 0 Å². The quantitative estimate of drug-likeness (QED) is 0.504. The predicted octanol–water partition coefficient (Wildman–Crippen LogP) is 0.647. The van der Waals surface area contributed by atoms with E-state index in [-0.39, 0.29) is 6.61 Å². The van der Waals surface area contributed by atoms with Crippen molar-refractivity contribution in [3.8, 4) is 0 Å².